The normalized spacial score (nSPS) is 18.4. The summed E-state index contributed by atoms with van der Waals surface area (Å²) >= 11 is 0. The third kappa shape index (κ3) is 3.80. The molecule has 2 rings (SSSR count). The molecule has 1 fully saturated rings. The minimum Gasteiger partial charge on any atom is -0.464 e. The number of hydrogen-bond donors (Lipinski definition) is 1. The van der Waals surface area contributed by atoms with Crippen molar-refractivity contribution in [1.82, 2.24) is 9.58 Å². The van der Waals surface area contributed by atoms with Crippen molar-refractivity contribution in [3.63, 3.8) is 0 Å². The fourth-order valence-electron chi connectivity index (χ4n) is 2.91. The number of ether oxygens (including phenoxy) is 2. The maximum atomic E-state index is 14.3. The second-order valence-electron chi connectivity index (χ2n) is 6.90. The van der Waals surface area contributed by atoms with E-state index in [1.165, 1.54) is 12.0 Å². The van der Waals surface area contributed by atoms with Crippen LogP contribution < -0.4 is 5.84 Å². The molecule has 1 aliphatic heterocycles. The third-order valence-corrected chi connectivity index (χ3v) is 3.88. The van der Waals surface area contributed by atoms with Crippen LogP contribution in [0.1, 0.15) is 55.6 Å². The maximum absolute atomic E-state index is 14.3. The highest BCUT2D eigenvalue weighted by Crippen LogP contribution is 2.32. The highest BCUT2D eigenvalue weighted by atomic mass is 19.1. The van der Waals surface area contributed by atoms with Gasteiger partial charge in [0.15, 0.2) is 5.69 Å². The number of carbonyl (C=O) groups is 2. The Bertz CT molecular complexity index is 636. The largest absolute Gasteiger partial charge is 0.464 e. The number of carbonyl (C=O) groups excluding carboxylic acids is 2. The molecule has 0 aliphatic carbocycles. The summed E-state index contributed by atoms with van der Waals surface area (Å²) in [5.41, 5.74) is -0.434. The average Bonchev–Trinajstić information content (AvgIpc) is 2.79. The lowest BCUT2D eigenvalue weighted by Crippen LogP contribution is -2.42. The number of nitrogens with two attached hydrogens (primary N) is 1. The summed E-state index contributed by atoms with van der Waals surface area (Å²) in [5, 5.41) is 0. The van der Waals surface area contributed by atoms with Gasteiger partial charge in [-0.1, -0.05) is 0 Å². The number of hydrogen-bond acceptors (Lipinski definition) is 5. The second-order valence-corrected chi connectivity index (χ2v) is 6.90. The lowest BCUT2D eigenvalue weighted by Gasteiger charge is -2.34. The van der Waals surface area contributed by atoms with Crippen LogP contribution in [0.5, 0.6) is 0 Å². The van der Waals surface area contributed by atoms with E-state index in [0.717, 1.165) is 10.9 Å². The quantitative estimate of drug-likeness (QED) is 0.658. The molecular weight excluding hydrogens is 317 g/mol. The number of piperidine rings is 1. The number of aromatic nitrogens is 1. The van der Waals surface area contributed by atoms with Crippen molar-refractivity contribution in [2.75, 3.05) is 26.0 Å². The van der Waals surface area contributed by atoms with Crippen LogP contribution in [0.4, 0.5) is 9.18 Å². The van der Waals surface area contributed by atoms with E-state index in [1.807, 2.05) is 0 Å². The molecule has 0 radical (unpaired) electrons. The first kappa shape index (κ1) is 18.1. The van der Waals surface area contributed by atoms with E-state index < -0.39 is 23.5 Å². The molecule has 1 atom stereocenters. The summed E-state index contributed by atoms with van der Waals surface area (Å²) in [6.45, 7) is 6.16. The summed E-state index contributed by atoms with van der Waals surface area (Å²) in [7, 11) is 1.21. The highest BCUT2D eigenvalue weighted by Gasteiger charge is 2.34. The number of rotatable bonds is 2. The maximum Gasteiger partial charge on any atom is 0.410 e. The van der Waals surface area contributed by atoms with Gasteiger partial charge in [0, 0.05) is 24.6 Å². The summed E-state index contributed by atoms with van der Waals surface area (Å²) in [6.07, 6.45) is 1.93. The Labute approximate surface area is 140 Å². The van der Waals surface area contributed by atoms with Crippen molar-refractivity contribution in [2.45, 2.75) is 45.1 Å². The number of esters is 1. The van der Waals surface area contributed by atoms with Crippen molar-refractivity contribution in [3.8, 4) is 0 Å². The van der Waals surface area contributed by atoms with Gasteiger partial charge in [0.25, 0.3) is 0 Å². The zero-order chi connectivity index (χ0) is 18.1. The summed E-state index contributed by atoms with van der Waals surface area (Å²) < 4.78 is 25.3. The van der Waals surface area contributed by atoms with Gasteiger partial charge in [-0.2, -0.15) is 0 Å². The number of nitrogen functional groups attached to an aromatic ring is 1. The molecule has 24 heavy (non-hydrogen) atoms. The molecule has 2 heterocycles. The van der Waals surface area contributed by atoms with E-state index in [0.29, 0.717) is 19.4 Å². The van der Waals surface area contributed by atoms with E-state index in [9.17, 15) is 14.0 Å². The van der Waals surface area contributed by atoms with Crippen LogP contribution in [0.2, 0.25) is 0 Å². The second kappa shape index (κ2) is 6.70. The van der Waals surface area contributed by atoms with Gasteiger partial charge in [-0.25, -0.2) is 14.0 Å². The minimum absolute atomic E-state index is 0.0222. The van der Waals surface area contributed by atoms with E-state index >= 15 is 0 Å². The van der Waals surface area contributed by atoms with Crippen molar-refractivity contribution in [3.05, 3.63) is 23.3 Å². The van der Waals surface area contributed by atoms with Crippen LogP contribution in [0.3, 0.4) is 0 Å². The van der Waals surface area contributed by atoms with Crippen LogP contribution >= 0.6 is 0 Å². The molecule has 0 bridgehead atoms. The van der Waals surface area contributed by atoms with Gasteiger partial charge in [-0.05, 0) is 33.6 Å². The van der Waals surface area contributed by atoms with E-state index in [-0.39, 0.29) is 23.7 Å². The molecule has 0 saturated carbocycles. The van der Waals surface area contributed by atoms with Gasteiger partial charge >= 0.3 is 12.1 Å². The van der Waals surface area contributed by atoms with Gasteiger partial charge < -0.3 is 20.2 Å². The first-order chi connectivity index (χ1) is 11.1. The first-order valence-corrected chi connectivity index (χ1v) is 7.86. The Kier molecular flexibility index (Phi) is 5.05. The molecule has 1 aliphatic rings. The molecule has 2 N–H and O–H groups in total. The SMILES string of the molecule is COC(=O)c1c(C2CCCN(C(=O)OC(C)(C)C)C2)c(F)cn1N. The van der Waals surface area contributed by atoms with Crippen LogP contribution in [-0.4, -0.2) is 47.4 Å². The van der Waals surface area contributed by atoms with Gasteiger partial charge in [-0.15, -0.1) is 0 Å². The lowest BCUT2D eigenvalue weighted by atomic mass is 9.90. The fourth-order valence-corrected chi connectivity index (χ4v) is 2.91. The number of nitrogens with zero attached hydrogens (tertiary/aromatic N) is 2. The number of halogens is 1. The summed E-state index contributed by atoms with van der Waals surface area (Å²) in [6, 6.07) is 0. The fraction of sp³-hybridized carbons (Fsp3) is 0.625. The Morgan fingerprint density at radius 1 is 1.38 bits per heavy atom. The Balaban J connectivity index is 2.24. The molecule has 1 aromatic heterocycles. The Hall–Kier alpha value is -2.25. The molecule has 7 nitrogen and oxygen atoms in total. The standard InChI is InChI=1S/C16H24FN3O4/c1-16(2,3)24-15(22)19-7-5-6-10(8-19)12-11(17)9-20(18)13(12)14(21)23-4/h9-10H,5-8,18H2,1-4H3. The first-order valence-electron chi connectivity index (χ1n) is 7.86. The van der Waals surface area contributed by atoms with Gasteiger partial charge in [-0.3, -0.25) is 4.68 Å². The summed E-state index contributed by atoms with van der Waals surface area (Å²) in [4.78, 5) is 25.7. The van der Waals surface area contributed by atoms with E-state index in [4.69, 9.17) is 15.3 Å². The number of likely N-dealkylation sites (tertiary alicyclic amines) is 1. The smallest absolute Gasteiger partial charge is 0.410 e. The topological polar surface area (TPSA) is 86.8 Å². The zero-order valence-electron chi connectivity index (χ0n) is 14.5. The molecule has 0 spiro atoms. The molecule has 0 aromatic carbocycles. The van der Waals surface area contributed by atoms with Crippen molar-refractivity contribution >= 4 is 12.1 Å². The Morgan fingerprint density at radius 3 is 2.62 bits per heavy atom. The molecule has 134 valence electrons. The number of amides is 1. The predicted octanol–water partition coefficient (Wildman–Crippen LogP) is 2.24. The molecular formula is C16H24FN3O4. The monoisotopic (exact) mass is 341 g/mol. The van der Waals surface area contributed by atoms with Gasteiger partial charge in [0.05, 0.1) is 13.3 Å². The Morgan fingerprint density at radius 2 is 2.04 bits per heavy atom. The lowest BCUT2D eigenvalue weighted by molar-refractivity contribution is 0.0197. The van der Waals surface area contributed by atoms with Crippen LogP contribution in [-0.2, 0) is 9.47 Å². The van der Waals surface area contributed by atoms with Crippen molar-refractivity contribution in [2.24, 2.45) is 0 Å². The molecule has 1 unspecified atom stereocenters. The summed E-state index contributed by atoms with van der Waals surface area (Å²) in [5.74, 6) is 4.05. The van der Waals surface area contributed by atoms with E-state index in [2.05, 4.69) is 0 Å². The number of methoxy groups -OCH3 is 1. The average molecular weight is 341 g/mol. The highest BCUT2D eigenvalue weighted by molar-refractivity contribution is 5.89. The van der Waals surface area contributed by atoms with Crippen LogP contribution in [0.15, 0.2) is 6.20 Å². The van der Waals surface area contributed by atoms with Gasteiger partial charge in [0.2, 0.25) is 0 Å². The van der Waals surface area contributed by atoms with Crippen LogP contribution in [0, 0.1) is 5.82 Å². The minimum atomic E-state index is -0.703. The van der Waals surface area contributed by atoms with E-state index in [1.54, 1.807) is 20.8 Å². The van der Waals surface area contributed by atoms with Crippen molar-refractivity contribution < 1.29 is 23.5 Å². The zero-order valence-corrected chi connectivity index (χ0v) is 14.5. The molecule has 1 amide bonds. The molecule has 1 aromatic rings. The van der Waals surface area contributed by atoms with Crippen molar-refractivity contribution in [1.29, 1.82) is 0 Å². The molecule has 1 saturated heterocycles. The predicted molar refractivity (Wildman–Crippen MR) is 85.7 cm³/mol. The molecule has 8 heteroatoms. The van der Waals surface area contributed by atoms with Crippen LogP contribution in [0.25, 0.3) is 0 Å². The van der Waals surface area contributed by atoms with Gasteiger partial charge in [0.1, 0.15) is 11.4 Å². The third-order valence-electron chi connectivity index (χ3n) is 3.88.